The third-order valence-corrected chi connectivity index (χ3v) is 4.64. The van der Waals surface area contributed by atoms with Crippen molar-refractivity contribution in [2.75, 3.05) is 26.2 Å². The van der Waals surface area contributed by atoms with E-state index >= 15 is 0 Å². The monoisotopic (exact) mass is 314 g/mol. The zero-order valence-electron chi connectivity index (χ0n) is 12.9. The SMILES string of the molecule is CC(C)(C)Sc1ccccc1[C@H](C(F)F)N1CCNCC1. The molecule has 1 aliphatic heterocycles. The van der Waals surface area contributed by atoms with E-state index in [4.69, 9.17) is 0 Å². The van der Waals surface area contributed by atoms with Crippen molar-refractivity contribution < 1.29 is 8.78 Å². The molecule has 1 aliphatic rings. The molecule has 21 heavy (non-hydrogen) atoms. The fraction of sp³-hybridized carbons (Fsp3) is 0.625. The van der Waals surface area contributed by atoms with Gasteiger partial charge in [0.05, 0.1) is 6.04 Å². The summed E-state index contributed by atoms with van der Waals surface area (Å²) in [5.74, 6) is 0. The van der Waals surface area contributed by atoms with Crippen LogP contribution >= 0.6 is 11.8 Å². The van der Waals surface area contributed by atoms with Crippen LogP contribution in [0, 0.1) is 0 Å². The summed E-state index contributed by atoms with van der Waals surface area (Å²) < 4.78 is 27.4. The van der Waals surface area contributed by atoms with Gasteiger partial charge in [-0.15, -0.1) is 11.8 Å². The topological polar surface area (TPSA) is 15.3 Å². The van der Waals surface area contributed by atoms with Crippen LogP contribution in [0.1, 0.15) is 32.4 Å². The van der Waals surface area contributed by atoms with Crippen molar-refractivity contribution in [1.82, 2.24) is 10.2 Å². The molecule has 0 spiro atoms. The third-order valence-electron chi connectivity index (χ3n) is 3.44. The van der Waals surface area contributed by atoms with Gasteiger partial charge in [-0.1, -0.05) is 39.0 Å². The number of benzene rings is 1. The average molecular weight is 314 g/mol. The number of nitrogens with one attached hydrogen (secondary N) is 1. The maximum Gasteiger partial charge on any atom is 0.258 e. The van der Waals surface area contributed by atoms with Crippen molar-refractivity contribution in [3.63, 3.8) is 0 Å². The van der Waals surface area contributed by atoms with Gasteiger partial charge in [0.15, 0.2) is 0 Å². The highest BCUT2D eigenvalue weighted by Crippen LogP contribution is 2.39. The first kappa shape index (κ1) is 16.7. The zero-order chi connectivity index (χ0) is 15.5. The van der Waals surface area contributed by atoms with Gasteiger partial charge in [0.2, 0.25) is 0 Å². The van der Waals surface area contributed by atoms with E-state index in [1.807, 2.05) is 29.2 Å². The van der Waals surface area contributed by atoms with Crippen molar-refractivity contribution in [2.24, 2.45) is 0 Å². The second-order valence-electron chi connectivity index (χ2n) is 6.32. The Labute approximate surface area is 130 Å². The smallest absolute Gasteiger partial charge is 0.258 e. The number of nitrogens with zero attached hydrogens (tertiary/aromatic N) is 1. The lowest BCUT2D eigenvalue weighted by molar-refractivity contribution is 0.0169. The molecule has 1 aromatic rings. The molecule has 0 aliphatic carbocycles. The number of hydrogen-bond acceptors (Lipinski definition) is 3. The average Bonchev–Trinajstić information content (AvgIpc) is 2.40. The second kappa shape index (κ2) is 7.07. The number of rotatable bonds is 4. The van der Waals surface area contributed by atoms with Gasteiger partial charge in [-0.2, -0.15) is 0 Å². The van der Waals surface area contributed by atoms with Crippen LogP contribution in [0.25, 0.3) is 0 Å². The number of hydrogen-bond donors (Lipinski definition) is 1. The Morgan fingerprint density at radius 1 is 1.14 bits per heavy atom. The lowest BCUT2D eigenvalue weighted by atomic mass is 10.0. The maximum atomic E-state index is 13.7. The summed E-state index contributed by atoms with van der Waals surface area (Å²) in [5, 5.41) is 3.22. The molecule has 1 saturated heterocycles. The first-order valence-electron chi connectivity index (χ1n) is 7.39. The molecule has 0 bridgehead atoms. The fourth-order valence-electron chi connectivity index (χ4n) is 2.60. The van der Waals surface area contributed by atoms with Crippen LogP contribution in [0.5, 0.6) is 0 Å². The van der Waals surface area contributed by atoms with Gasteiger partial charge in [0, 0.05) is 35.8 Å². The van der Waals surface area contributed by atoms with Gasteiger partial charge in [0.1, 0.15) is 0 Å². The normalized spacial score (nSPS) is 19.0. The summed E-state index contributed by atoms with van der Waals surface area (Å²) >= 11 is 1.66. The molecule has 5 heteroatoms. The van der Waals surface area contributed by atoms with Crippen LogP contribution in [-0.4, -0.2) is 42.3 Å². The molecule has 0 amide bonds. The summed E-state index contributed by atoms with van der Waals surface area (Å²) in [4.78, 5) is 2.87. The van der Waals surface area contributed by atoms with Crippen LogP contribution in [0.3, 0.4) is 0 Å². The predicted octanol–water partition coefficient (Wildman–Crippen LogP) is 3.79. The molecule has 0 unspecified atom stereocenters. The molecular weight excluding hydrogens is 290 g/mol. The van der Waals surface area contributed by atoms with Crippen molar-refractivity contribution in [3.05, 3.63) is 29.8 Å². The molecule has 0 saturated carbocycles. The molecule has 0 radical (unpaired) electrons. The fourth-order valence-corrected chi connectivity index (χ4v) is 3.71. The summed E-state index contributed by atoms with van der Waals surface area (Å²) in [6.45, 7) is 9.21. The maximum absolute atomic E-state index is 13.7. The van der Waals surface area contributed by atoms with Crippen molar-refractivity contribution >= 4 is 11.8 Å². The lowest BCUT2D eigenvalue weighted by Gasteiger charge is -2.36. The quantitative estimate of drug-likeness (QED) is 0.851. The minimum absolute atomic E-state index is 0.00618. The van der Waals surface area contributed by atoms with Crippen LogP contribution in [0.15, 0.2) is 29.2 Å². The summed E-state index contributed by atoms with van der Waals surface area (Å²) in [5.41, 5.74) is 0.759. The van der Waals surface area contributed by atoms with E-state index in [9.17, 15) is 8.78 Å². The van der Waals surface area contributed by atoms with E-state index in [2.05, 4.69) is 26.1 Å². The molecular formula is C16H24F2N2S. The van der Waals surface area contributed by atoms with E-state index in [0.717, 1.165) is 23.5 Å². The van der Waals surface area contributed by atoms with Crippen LogP contribution in [0.2, 0.25) is 0 Å². The van der Waals surface area contributed by atoms with Gasteiger partial charge in [-0.3, -0.25) is 4.90 Å². The van der Waals surface area contributed by atoms with E-state index in [0.29, 0.717) is 13.1 Å². The highest BCUT2D eigenvalue weighted by molar-refractivity contribution is 8.00. The van der Waals surface area contributed by atoms with Crippen molar-refractivity contribution in [2.45, 2.75) is 42.9 Å². The van der Waals surface area contributed by atoms with E-state index in [1.54, 1.807) is 11.8 Å². The van der Waals surface area contributed by atoms with Gasteiger partial charge in [0.25, 0.3) is 6.43 Å². The van der Waals surface area contributed by atoms with Crippen molar-refractivity contribution in [1.29, 1.82) is 0 Å². The second-order valence-corrected chi connectivity index (χ2v) is 8.19. The molecule has 0 aromatic heterocycles. The Morgan fingerprint density at radius 2 is 1.76 bits per heavy atom. The third kappa shape index (κ3) is 4.66. The minimum atomic E-state index is -2.37. The van der Waals surface area contributed by atoms with Gasteiger partial charge in [-0.05, 0) is 11.6 Å². The van der Waals surface area contributed by atoms with Crippen molar-refractivity contribution in [3.8, 4) is 0 Å². The van der Waals surface area contributed by atoms with Gasteiger partial charge >= 0.3 is 0 Å². The largest absolute Gasteiger partial charge is 0.314 e. The minimum Gasteiger partial charge on any atom is -0.314 e. The summed E-state index contributed by atoms with van der Waals surface area (Å²) in [7, 11) is 0. The Morgan fingerprint density at radius 3 is 2.33 bits per heavy atom. The van der Waals surface area contributed by atoms with Crippen LogP contribution in [0.4, 0.5) is 8.78 Å². The number of piperazine rings is 1. The van der Waals surface area contributed by atoms with E-state index in [1.165, 1.54) is 0 Å². The molecule has 2 rings (SSSR count). The van der Waals surface area contributed by atoms with E-state index in [-0.39, 0.29) is 4.75 Å². The molecule has 1 atom stereocenters. The molecule has 1 fully saturated rings. The standard InChI is InChI=1S/C16H24F2N2S/c1-16(2,3)21-13-7-5-4-6-12(13)14(15(17)18)20-10-8-19-9-11-20/h4-7,14-15,19H,8-11H2,1-3H3/t14-/m1/s1. The number of alkyl halides is 2. The lowest BCUT2D eigenvalue weighted by Crippen LogP contribution is -2.47. The van der Waals surface area contributed by atoms with E-state index < -0.39 is 12.5 Å². The van der Waals surface area contributed by atoms with Gasteiger partial charge < -0.3 is 5.32 Å². The Kier molecular flexibility index (Phi) is 5.63. The molecule has 1 heterocycles. The van der Waals surface area contributed by atoms with Crippen LogP contribution < -0.4 is 5.32 Å². The Bertz CT molecular complexity index is 454. The Balaban J connectivity index is 2.31. The van der Waals surface area contributed by atoms with Crippen LogP contribution in [-0.2, 0) is 0 Å². The summed E-state index contributed by atoms with van der Waals surface area (Å²) in [6, 6.07) is 6.80. The first-order valence-corrected chi connectivity index (χ1v) is 8.21. The molecule has 118 valence electrons. The number of thioether (sulfide) groups is 1. The van der Waals surface area contributed by atoms with Gasteiger partial charge in [-0.25, -0.2) is 8.78 Å². The predicted molar refractivity (Wildman–Crippen MR) is 85.2 cm³/mol. The zero-order valence-corrected chi connectivity index (χ0v) is 13.7. The molecule has 2 nitrogen and oxygen atoms in total. The molecule has 1 N–H and O–H groups in total. The number of halogens is 2. The highest BCUT2D eigenvalue weighted by atomic mass is 32.2. The summed E-state index contributed by atoms with van der Waals surface area (Å²) in [6.07, 6.45) is -2.37. The molecule has 1 aromatic carbocycles. The highest BCUT2D eigenvalue weighted by Gasteiger charge is 2.32. The first-order chi connectivity index (χ1) is 9.88. The Hall–Kier alpha value is -0.650.